The van der Waals surface area contributed by atoms with Crippen LogP contribution in [0.5, 0.6) is 23.0 Å². The molecule has 12 heteroatoms. The molecule has 3 aromatic rings. The molecule has 0 radical (unpaired) electrons. The van der Waals surface area contributed by atoms with Gasteiger partial charge in [-0.25, -0.2) is 0 Å². The average Bonchev–Trinajstić information content (AvgIpc) is 3.09. The monoisotopic (exact) mass is 728 g/mol. The van der Waals surface area contributed by atoms with E-state index in [-0.39, 0.29) is 48.6 Å². The SMILES string of the molecule is COc1c(OCCCCN(CCO)CCO)cc2oc3cc(OCCCCN(CCO)CCO)c(CC=C(C)C)c(O)c3c(=O)c2c1CC=C(C)C. The molecule has 3 rings (SSSR count). The quantitative estimate of drug-likeness (QED) is 0.0470. The van der Waals surface area contributed by atoms with Crippen LogP contribution in [-0.4, -0.2) is 121 Å². The Bertz CT molecular complexity index is 1660. The van der Waals surface area contributed by atoms with Crippen LogP contribution >= 0.6 is 0 Å². The van der Waals surface area contributed by atoms with Gasteiger partial charge >= 0.3 is 0 Å². The lowest BCUT2D eigenvalue weighted by Crippen LogP contribution is -2.31. The minimum Gasteiger partial charge on any atom is -0.507 e. The van der Waals surface area contributed by atoms with Crippen molar-refractivity contribution in [3.8, 4) is 23.0 Å². The van der Waals surface area contributed by atoms with Gasteiger partial charge in [0.25, 0.3) is 0 Å². The van der Waals surface area contributed by atoms with Gasteiger partial charge in [-0.15, -0.1) is 0 Å². The van der Waals surface area contributed by atoms with Gasteiger partial charge in [-0.1, -0.05) is 23.3 Å². The number of aliphatic hydroxyl groups is 4. The first-order valence-electron chi connectivity index (χ1n) is 18.4. The highest BCUT2D eigenvalue weighted by molar-refractivity contribution is 5.98. The molecule has 0 spiro atoms. The molecule has 12 nitrogen and oxygen atoms in total. The van der Waals surface area contributed by atoms with Crippen LogP contribution in [0.15, 0.2) is 44.6 Å². The number of ether oxygens (including phenoxy) is 3. The second-order valence-electron chi connectivity index (χ2n) is 13.4. The zero-order valence-corrected chi connectivity index (χ0v) is 31.7. The molecular formula is C40H60N2O10. The Hall–Kier alpha value is -3.65. The standard InChI is InChI=1S/C40H60N2O10/c1-28(2)10-12-30-32(50-24-8-6-14-41(16-20-43)17-21-44)26-34-37(38(30)47)39(48)36-31(13-11-29(3)4)40(49-5)35(27-33(36)52-34)51-25-9-7-15-42(18-22-45)19-23-46/h10-11,26-27,43-47H,6-9,12-25H2,1-5H3. The van der Waals surface area contributed by atoms with Crippen molar-refractivity contribution >= 4 is 21.9 Å². The van der Waals surface area contributed by atoms with Gasteiger partial charge in [-0.3, -0.25) is 14.6 Å². The zero-order chi connectivity index (χ0) is 38.0. The first-order valence-corrected chi connectivity index (χ1v) is 18.4. The van der Waals surface area contributed by atoms with Crippen LogP contribution in [0.1, 0.15) is 64.5 Å². The molecule has 0 unspecified atom stereocenters. The summed E-state index contributed by atoms with van der Waals surface area (Å²) < 4.78 is 24.8. The summed E-state index contributed by atoms with van der Waals surface area (Å²) in [6.45, 7) is 12.1. The highest BCUT2D eigenvalue weighted by atomic mass is 16.5. The number of methoxy groups -OCH3 is 1. The van der Waals surface area contributed by atoms with E-state index in [2.05, 4.69) is 0 Å². The van der Waals surface area contributed by atoms with E-state index in [4.69, 9.17) is 18.6 Å². The van der Waals surface area contributed by atoms with E-state index in [9.17, 15) is 30.3 Å². The van der Waals surface area contributed by atoms with Crippen LogP contribution < -0.4 is 19.6 Å². The molecule has 1 aromatic heterocycles. The van der Waals surface area contributed by atoms with E-state index in [1.807, 2.05) is 49.6 Å². The van der Waals surface area contributed by atoms with Crippen molar-refractivity contribution in [1.29, 1.82) is 0 Å². The summed E-state index contributed by atoms with van der Waals surface area (Å²) >= 11 is 0. The molecule has 2 aromatic carbocycles. The van der Waals surface area contributed by atoms with Crippen molar-refractivity contribution in [2.75, 3.05) is 86.0 Å². The number of unbranched alkanes of at least 4 members (excludes halogenated alkanes) is 2. The molecule has 1 heterocycles. The van der Waals surface area contributed by atoms with Gasteiger partial charge in [-0.05, 0) is 79.3 Å². The molecule has 0 atom stereocenters. The molecule has 0 bridgehead atoms. The fraction of sp³-hybridized carbons (Fsp3) is 0.575. The summed E-state index contributed by atoms with van der Waals surface area (Å²) in [6.07, 6.45) is 7.71. The van der Waals surface area contributed by atoms with E-state index in [0.717, 1.165) is 24.0 Å². The van der Waals surface area contributed by atoms with Gasteiger partial charge in [-0.2, -0.15) is 0 Å². The van der Waals surface area contributed by atoms with Crippen molar-refractivity contribution in [2.45, 2.75) is 66.2 Å². The number of aromatic hydroxyl groups is 1. The number of fused-ring (bicyclic) bond motifs is 2. The fourth-order valence-corrected chi connectivity index (χ4v) is 6.14. The lowest BCUT2D eigenvalue weighted by molar-refractivity contribution is 0.156. The lowest BCUT2D eigenvalue weighted by Gasteiger charge is -2.20. The third-order valence-electron chi connectivity index (χ3n) is 8.86. The molecule has 0 amide bonds. The van der Waals surface area contributed by atoms with Crippen LogP contribution in [-0.2, 0) is 12.8 Å². The Kier molecular flexibility index (Phi) is 18.4. The average molecular weight is 729 g/mol. The maximum absolute atomic E-state index is 14.4. The highest BCUT2D eigenvalue weighted by Crippen LogP contribution is 2.41. The van der Waals surface area contributed by atoms with E-state index < -0.39 is 0 Å². The number of aliphatic hydroxyl groups excluding tert-OH is 4. The number of allylic oxidation sites excluding steroid dienone is 4. The number of nitrogens with zero attached hydrogens (tertiary/aromatic N) is 2. The van der Waals surface area contributed by atoms with Crippen LogP contribution in [0, 0.1) is 0 Å². The minimum absolute atomic E-state index is 0.0222. The zero-order valence-electron chi connectivity index (χ0n) is 31.7. The molecule has 0 aliphatic carbocycles. The van der Waals surface area contributed by atoms with Crippen molar-refractivity contribution in [3.63, 3.8) is 0 Å². The summed E-state index contributed by atoms with van der Waals surface area (Å²) in [6, 6.07) is 3.35. The van der Waals surface area contributed by atoms with Crippen molar-refractivity contribution < 1.29 is 44.2 Å². The Morgan fingerprint density at radius 3 is 1.62 bits per heavy atom. The van der Waals surface area contributed by atoms with E-state index in [0.29, 0.717) is 118 Å². The number of hydrogen-bond donors (Lipinski definition) is 5. The topological polar surface area (TPSA) is 166 Å². The Morgan fingerprint density at radius 1 is 0.673 bits per heavy atom. The van der Waals surface area contributed by atoms with Gasteiger partial charge in [0.05, 0.1) is 52.1 Å². The second-order valence-corrected chi connectivity index (χ2v) is 13.4. The Morgan fingerprint density at radius 2 is 1.13 bits per heavy atom. The van der Waals surface area contributed by atoms with Crippen molar-refractivity contribution in [2.24, 2.45) is 0 Å². The second kappa shape index (κ2) is 22.4. The van der Waals surface area contributed by atoms with Crippen LogP contribution in [0.2, 0.25) is 0 Å². The van der Waals surface area contributed by atoms with E-state index >= 15 is 0 Å². The van der Waals surface area contributed by atoms with Gasteiger partial charge in [0.1, 0.15) is 28.1 Å². The minimum atomic E-state index is -0.374. The maximum atomic E-state index is 14.4. The summed E-state index contributed by atoms with van der Waals surface area (Å²) in [5.41, 5.74) is 3.34. The Balaban J connectivity index is 2.04. The van der Waals surface area contributed by atoms with Crippen LogP contribution in [0.25, 0.3) is 21.9 Å². The lowest BCUT2D eigenvalue weighted by atomic mass is 9.98. The third-order valence-corrected chi connectivity index (χ3v) is 8.86. The maximum Gasteiger partial charge on any atom is 0.204 e. The highest BCUT2D eigenvalue weighted by Gasteiger charge is 2.24. The molecule has 0 saturated heterocycles. The van der Waals surface area contributed by atoms with Gasteiger partial charge in [0, 0.05) is 49.4 Å². The fourth-order valence-electron chi connectivity index (χ4n) is 6.14. The summed E-state index contributed by atoms with van der Waals surface area (Å²) in [4.78, 5) is 18.4. The molecule has 0 aliphatic heterocycles. The third kappa shape index (κ3) is 12.2. The first-order chi connectivity index (χ1) is 25.1. The summed E-state index contributed by atoms with van der Waals surface area (Å²) in [7, 11) is 1.54. The van der Waals surface area contributed by atoms with Gasteiger partial charge in [0.15, 0.2) is 11.5 Å². The Labute approximate surface area is 307 Å². The smallest absolute Gasteiger partial charge is 0.204 e. The molecule has 0 aliphatic rings. The molecule has 5 N–H and O–H groups in total. The first kappa shape index (κ1) is 42.8. The predicted octanol–water partition coefficient (Wildman–Crippen LogP) is 4.57. The van der Waals surface area contributed by atoms with Crippen molar-refractivity contribution in [3.05, 3.63) is 56.8 Å². The predicted molar refractivity (Wildman–Crippen MR) is 205 cm³/mol. The number of benzene rings is 2. The van der Waals surface area contributed by atoms with Gasteiger partial charge in [0.2, 0.25) is 5.43 Å². The molecule has 290 valence electrons. The molecule has 0 saturated carbocycles. The van der Waals surface area contributed by atoms with Crippen LogP contribution in [0.4, 0.5) is 0 Å². The number of hydrogen-bond acceptors (Lipinski definition) is 12. The number of phenolic OH excluding ortho intramolecular Hbond substituents is 1. The van der Waals surface area contributed by atoms with Crippen molar-refractivity contribution in [1.82, 2.24) is 9.80 Å². The van der Waals surface area contributed by atoms with Gasteiger partial charge < -0.3 is 44.2 Å². The number of rotatable bonds is 25. The summed E-state index contributed by atoms with van der Waals surface area (Å²) in [5.74, 6) is 1.12. The van der Waals surface area contributed by atoms with E-state index in [1.54, 1.807) is 19.2 Å². The molecule has 52 heavy (non-hydrogen) atoms. The van der Waals surface area contributed by atoms with Crippen LogP contribution in [0.3, 0.4) is 0 Å². The largest absolute Gasteiger partial charge is 0.507 e. The molecular weight excluding hydrogens is 668 g/mol. The summed E-state index contributed by atoms with van der Waals surface area (Å²) in [5, 5.41) is 49.3. The molecule has 0 fully saturated rings. The van der Waals surface area contributed by atoms with E-state index in [1.165, 1.54) is 0 Å². The normalized spacial score (nSPS) is 11.5. The number of phenols is 1.